The average molecular weight is 278 g/mol. The number of anilines is 1. The van der Waals surface area contributed by atoms with Crippen LogP contribution in [0.1, 0.15) is 29.7 Å². The van der Waals surface area contributed by atoms with Gasteiger partial charge < -0.3 is 20.6 Å². The molecule has 6 heteroatoms. The van der Waals surface area contributed by atoms with Crippen LogP contribution in [-0.2, 0) is 4.74 Å². The third-order valence-electron chi connectivity index (χ3n) is 3.70. The number of piperidine rings is 1. The van der Waals surface area contributed by atoms with Crippen LogP contribution in [0.2, 0.25) is 0 Å². The third-order valence-corrected chi connectivity index (χ3v) is 3.70. The highest BCUT2D eigenvalue weighted by Gasteiger charge is 2.24. The Kier molecular flexibility index (Phi) is 4.44. The lowest BCUT2D eigenvalue weighted by Crippen LogP contribution is -2.41. The molecule has 1 saturated heterocycles. The zero-order valence-corrected chi connectivity index (χ0v) is 12.3. The number of pyridine rings is 1. The minimum atomic E-state index is 0.101. The summed E-state index contributed by atoms with van der Waals surface area (Å²) in [6, 6.07) is 1.94. The summed E-state index contributed by atoms with van der Waals surface area (Å²) in [5.74, 6) is 0.879. The number of aromatic nitrogens is 1. The predicted octanol–water partition coefficient (Wildman–Crippen LogP) is 1.41. The van der Waals surface area contributed by atoms with Crippen LogP contribution < -0.4 is 10.6 Å². The molecule has 0 saturated carbocycles. The highest BCUT2D eigenvalue weighted by molar-refractivity contribution is 6.02. The molecule has 0 spiro atoms. The number of nitrogens with two attached hydrogens (primary N) is 1. The Hall–Kier alpha value is -1.82. The van der Waals surface area contributed by atoms with Gasteiger partial charge in [-0.25, -0.2) is 4.98 Å². The lowest BCUT2D eigenvalue weighted by molar-refractivity contribution is 0.0891. The predicted molar refractivity (Wildman–Crippen MR) is 78.5 cm³/mol. The van der Waals surface area contributed by atoms with E-state index in [4.69, 9.17) is 15.7 Å². The van der Waals surface area contributed by atoms with Gasteiger partial charge in [0.15, 0.2) is 5.84 Å². The molecule has 0 amide bonds. The van der Waals surface area contributed by atoms with Crippen LogP contribution in [-0.4, -0.2) is 42.3 Å². The van der Waals surface area contributed by atoms with Crippen LogP contribution in [0.25, 0.3) is 0 Å². The van der Waals surface area contributed by atoms with Crippen molar-refractivity contribution < 1.29 is 9.94 Å². The van der Waals surface area contributed by atoms with E-state index in [1.807, 2.05) is 19.9 Å². The van der Waals surface area contributed by atoms with Crippen molar-refractivity contribution in [2.75, 3.05) is 25.1 Å². The summed E-state index contributed by atoms with van der Waals surface area (Å²) in [4.78, 5) is 6.75. The summed E-state index contributed by atoms with van der Waals surface area (Å²) in [5.41, 5.74) is 8.41. The van der Waals surface area contributed by atoms with Crippen LogP contribution in [0.3, 0.4) is 0 Å². The van der Waals surface area contributed by atoms with E-state index in [1.54, 1.807) is 7.11 Å². The van der Waals surface area contributed by atoms with Crippen molar-refractivity contribution in [1.82, 2.24) is 4.98 Å². The second-order valence-electron chi connectivity index (χ2n) is 5.21. The molecule has 2 heterocycles. The second-order valence-corrected chi connectivity index (χ2v) is 5.21. The van der Waals surface area contributed by atoms with Crippen molar-refractivity contribution >= 4 is 11.7 Å². The highest BCUT2D eigenvalue weighted by atomic mass is 16.5. The summed E-state index contributed by atoms with van der Waals surface area (Å²) in [6.45, 7) is 5.58. The first kappa shape index (κ1) is 14.6. The van der Waals surface area contributed by atoms with Crippen LogP contribution in [0, 0.1) is 13.8 Å². The van der Waals surface area contributed by atoms with Crippen LogP contribution in [0.15, 0.2) is 11.2 Å². The van der Waals surface area contributed by atoms with Gasteiger partial charge in [-0.15, -0.1) is 0 Å². The van der Waals surface area contributed by atoms with Gasteiger partial charge in [-0.2, -0.15) is 0 Å². The first-order valence-corrected chi connectivity index (χ1v) is 6.80. The van der Waals surface area contributed by atoms with Gasteiger partial charge in [-0.05, 0) is 38.3 Å². The van der Waals surface area contributed by atoms with Crippen molar-refractivity contribution in [2.24, 2.45) is 10.9 Å². The molecule has 0 aromatic carbocycles. The Morgan fingerprint density at radius 2 is 2.30 bits per heavy atom. The zero-order valence-electron chi connectivity index (χ0n) is 12.3. The minimum absolute atomic E-state index is 0.101. The standard InChI is InChI=1S/C14H22N4O2/c1-9-7-10(2)16-14(12(9)13(15)17-19)18-6-4-5-11(8-18)20-3/h7,11,19H,4-6,8H2,1-3H3,(H2,15,17). The molecule has 2 rings (SSSR count). The highest BCUT2D eigenvalue weighted by Crippen LogP contribution is 2.26. The van der Waals surface area contributed by atoms with Crippen LogP contribution in [0.5, 0.6) is 0 Å². The van der Waals surface area contributed by atoms with Gasteiger partial charge in [-0.1, -0.05) is 5.16 Å². The van der Waals surface area contributed by atoms with Gasteiger partial charge in [-0.3, -0.25) is 0 Å². The van der Waals surface area contributed by atoms with Crippen molar-refractivity contribution in [3.63, 3.8) is 0 Å². The first-order chi connectivity index (χ1) is 9.56. The third kappa shape index (κ3) is 2.85. The van der Waals surface area contributed by atoms with Crippen LogP contribution in [0.4, 0.5) is 5.82 Å². The minimum Gasteiger partial charge on any atom is -0.409 e. The molecule has 3 N–H and O–H groups in total. The van der Waals surface area contributed by atoms with E-state index in [9.17, 15) is 0 Å². The van der Waals surface area contributed by atoms with Gasteiger partial charge in [0.2, 0.25) is 0 Å². The smallest absolute Gasteiger partial charge is 0.174 e. The molecule has 1 atom stereocenters. The van der Waals surface area contributed by atoms with Crippen molar-refractivity contribution in [3.05, 3.63) is 22.9 Å². The maximum absolute atomic E-state index is 8.99. The van der Waals surface area contributed by atoms with Gasteiger partial charge in [0.1, 0.15) is 5.82 Å². The first-order valence-electron chi connectivity index (χ1n) is 6.80. The Labute approximate surface area is 119 Å². The number of rotatable bonds is 3. The molecule has 110 valence electrons. The Bertz CT molecular complexity index is 516. The molecule has 6 nitrogen and oxygen atoms in total. The molecule has 1 aliphatic heterocycles. The molecule has 0 bridgehead atoms. The SMILES string of the molecule is COC1CCCN(c2nc(C)cc(C)c2/C(N)=N/O)C1. The Morgan fingerprint density at radius 1 is 1.55 bits per heavy atom. The van der Waals surface area contributed by atoms with E-state index >= 15 is 0 Å². The number of hydrogen-bond acceptors (Lipinski definition) is 5. The largest absolute Gasteiger partial charge is 0.409 e. The summed E-state index contributed by atoms with van der Waals surface area (Å²) in [7, 11) is 1.73. The van der Waals surface area contributed by atoms with Crippen LogP contribution >= 0.6 is 0 Å². The van der Waals surface area contributed by atoms with E-state index in [-0.39, 0.29) is 11.9 Å². The lowest BCUT2D eigenvalue weighted by atomic mass is 10.0. The summed E-state index contributed by atoms with van der Waals surface area (Å²) >= 11 is 0. The molecule has 1 fully saturated rings. The van der Waals surface area contributed by atoms with E-state index in [1.165, 1.54) is 0 Å². The number of ether oxygens (including phenoxy) is 1. The maximum atomic E-state index is 8.99. The normalized spacial score (nSPS) is 20.2. The number of oxime groups is 1. The molecular weight excluding hydrogens is 256 g/mol. The van der Waals surface area contributed by atoms with Gasteiger partial charge in [0, 0.05) is 25.9 Å². The van der Waals surface area contributed by atoms with Crippen molar-refractivity contribution in [2.45, 2.75) is 32.8 Å². The average Bonchev–Trinajstić information content (AvgIpc) is 2.45. The topological polar surface area (TPSA) is 84.0 Å². The second kappa shape index (κ2) is 6.09. The van der Waals surface area contributed by atoms with E-state index in [0.717, 1.165) is 43.0 Å². The molecule has 1 aromatic rings. The Morgan fingerprint density at radius 3 is 2.95 bits per heavy atom. The fourth-order valence-electron chi connectivity index (χ4n) is 2.74. The maximum Gasteiger partial charge on any atom is 0.174 e. The number of methoxy groups -OCH3 is 1. The quantitative estimate of drug-likeness (QED) is 0.378. The van der Waals surface area contributed by atoms with Gasteiger partial charge in [0.05, 0.1) is 11.7 Å². The number of nitrogens with zero attached hydrogens (tertiary/aromatic N) is 3. The van der Waals surface area contributed by atoms with Gasteiger partial charge >= 0.3 is 0 Å². The van der Waals surface area contributed by atoms with E-state index in [0.29, 0.717) is 5.56 Å². The van der Waals surface area contributed by atoms with Gasteiger partial charge in [0.25, 0.3) is 0 Å². The van der Waals surface area contributed by atoms with Crippen molar-refractivity contribution in [3.8, 4) is 0 Å². The molecule has 0 radical (unpaired) electrons. The molecule has 0 aliphatic carbocycles. The number of amidine groups is 1. The lowest BCUT2D eigenvalue weighted by Gasteiger charge is -2.34. The summed E-state index contributed by atoms with van der Waals surface area (Å²) in [6.07, 6.45) is 2.30. The molecular formula is C14H22N4O2. The fourth-order valence-corrected chi connectivity index (χ4v) is 2.74. The zero-order chi connectivity index (χ0) is 14.7. The molecule has 1 aliphatic rings. The monoisotopic (exact) mass is 278 g/mol. The fraction of sp³-hybridized carbons (Fsp3) is 0.571. The number of aryl methyl sites for hydroxylation is 2. The number of hydrogen-bond donors (Lipinski definition) is 2. The Balaban J connectivity index is 2.44. The van der Waals surface area contributed by atoms with E-state index in [2.05, 4.69) is 15.0 Å². The molecule has 1 aromatic heterocycles. The molecule has 1 unspecified atom stereocenters. The summed E-state index contributed by atoms with van der Waals surface area (Å²) in [5, 5.41) is 12.1. The molecule has 20 heavy (non-hydrogen) atoms. The van der Waals surface area contributed by atoms with E-state index < -0.39 is 0 Å². The van der Waals surface area contributed by atoms with Crippen molar-refractivity contribution in [1.29, 1.82) is 0 Å². The summed E-state index contributed by atoms with van der Waals surface area (Å²) < 4.78 is 5.45.